The summed E-state index contributed by atoms with van der Waals surface area (Å²) >= 11 is 0. The fraction of sp³-hybridized carbons (Fsp3) is 0. The quantitative estimate of drug-likeness (QED) is 0.125. The number of aromatic nitrogens is 1. The molecule has 0 unspecified atom stereocenters. The Labute approximate surface area is 298 Å². The second kappa shape index (κ2) is 12.3. The van der Waals surface area contributed by atoms with Crippen LogP contribution in [-0.4, -0.2) is 27.9 Å². The number of nitrogens with zero attached hydrogens (tertiary/aromatic N) is 2. The Morgan fingerprint density at radius 3 is 1.52 bits per heavy atom. The highest BCUT2D eigenvalue weighted by molar-refractivity contribution is 6.36. The van der Waals surface area contributed by atoms with Gasteiger partial charge in [-0.3, -0.25) is 19.2 Å². The number of imide groups is 1. The van der Waals surface area contributed by atoms with Crippen LogP contribution in [0.25, 0.3) is 38.6 Å². The van der Waals surface area contributed by atoms with Gasteiger partial charge in [0.25, 0.3) is 11.8 Å². The zero-order valence-corrected chi connectivity index (χ0v) is 27.7. The molecular weight excluding hydrogens is 645 g/mol. The normalized spacial score (nSPS) is 12.4. The van der Waals surface area contributed by atoms with Crippen molar-refractivity contribution in [3.05, 3.63) is 203 Å². The molecule has 0 atom stereocenters. The maximum atomic E-state index is 14.7. The first-order valence-electron chi connectivity index (χ1n) is 16.9. The van der Waals surface area contributed by atoms with Crippen LogP contribution in [0.1, 0.15) is 52.6 Å². The van der Waals surface area contributed by atoms with Gasteiger partial charge in [0.05, 0.1) is 33.5 Å². The van der Waals surface area contributed by atoms with E-state index in [1.807, 2.05) is 114 Å². The standard InChI is InChI=1S/C46H28N2O4/c49-43(30-16-6-2-7-17-30)37-25-11-22-34-35-23-12-26-38(44(50)31-18-8-3-9-19-31)42(35)48(41(34)37)39-27-13-24-36-40(39)46(52)47(45(36)51)33-21-10-20-32(28-33)29-14-4-1-5-15-29/h1-28H. The number of benzene rings is 7. The predicted molar refractivity (Wildman–Crippen MR) is 204 cm³/mol. The van der Waals surface area contributed by atoms with Crippen LogP contribution < -0.4 is 4.90 Å². The van der Waals surface area contributed by atoms with Crippen molar-refractivity contribution in [2.75, 3.05) is 4.90 Å². The first-order chi connectivity index (χ1) is 25.5. The van der Waals surface area contributed by atoms with Gasteiger partial charge in [-0.15, -0.1) is 0 Å². The van der Waals surface area contributed by atoms with Crippen molar-refractivity contribution >= 4 is 50.9 Å². The van der Waals surface area contributed by atoms with Crippen LogP contribution in [0.4, 0.5) is 5.69 Å². The summed E-state index contributed by atoms with van der Waals surface area (Å²) in [4.78, 5) is 58.7. The lowest BCUT2D eigenvalue weighted by molar-refractivity contribution is 0.0924. The van der Waals surface area contributed by atoms with Crippen LogP contribution >= 0.6 is 0 Å². The van der Waals surface area contributed by atoms with E-state index in [-0.39, 0.29) is 22.7 Å². The number of hydrogen-bond acceptors (Lipinski definition) is 4. The van der Waals surface area contributed by atoms with E-state index in [1.54, 1.807) is 60.7 Å². The average molecular weight is 673 g/mol. The molecule has 0 radical (unpaired) electrons. The first-order valence-corrected chi connectivity index (χ1v) is 16.9. The van der Waals surface area contributed by atoms with Crippen LogP contribution in [0.2, 0.25) is 0 Å². The Hall–Kier alpha value is -7.18. The van der Waals surface area contributed by atoms with Crippen molar-refractivity contribution in [3.8, 4) is 16.8 Å². The maximum absolute atomic E-state index is 14.7. The largest absolute Gasteiger partial charge is 0.307 e. The highest BCUT2D eigenvalue weighted by atomic mass is 16.2. The number of para-hydroxylation sites is 2. The molecule has 1 aromatic heterocycles. The molecule has 0 aliphatic carbocycles. The Morgan fingerprint density at radius 2 is 0.942 bits per heavy atom. The highest BCUT2D eigenvalue weighted by Crippen LogP contribution is 2.41. The van der Waals surface area contributed by atoms with E-state index >= 15 is 0 Å². The van der Waals surface area contributed by atoms with E-state index < -0.39 is 11.8 Å². The summed E-state index contributed by atoms with van der Waals surface area (Å²) in [5, 5.41) is 1.47. The molecule has 0 spiro atoms. The summed E-state index contributed by atoms with van der Waals surface area (Å²) < 4.78 is 1.84. The molecule has 0 N–H and O–H groups in total. The second-order valence-corrected chi connectivity index (χ2v) is 12.7. The van der Waals surface area contributed by atoms with Gasteiger partial charge in [-0.2, -0.15) is 0 Å². The average Bonchev–Trinajstić information content (AvgIpc) is 3.69. The van der Waals surface area contributed by atoms with Crippen molar-refractivity contribution in [3.63, 3.8) is 0 Å². The molecule has 0 saturated heterocycles. The van der Waals surface area contributed by atoms with Crippen LogP contribution in [0.3, 0.4) is 0 Å². The summed E-state index contributed by atoms with van der Waals surface area (Å²) in [7, 11) is 0. The molecule has 7 aromatic carbocycles. The molecule has 0 bridgehead atoms. The van der Waals surface area contributed by atoms with Crippen LogP contribution in [0.15, 0.2) is 170 Å². The zero-order chi connectivity index (χ0) is 35.3. The number of ketones is 2. The minimum atomic E-state index is -0.491. The lowest BCUT2D eigenvalue weighted by Crippen LogP contribution is -2.29. The second-order valence-electron chi connectivity index (χ2n) is 12.7. The third kappa shape index (κ3) is 4.81. The summed E-state index contributed by atoms with van der Waals surface area (Å²) in [6.07, 6.45) is 0. The molecule has 8 aromatic rings. The Bertz CT molecular complexity index is 2640. The van der Waals surface area contributed by atoms with Gasteiger partial charge in [-0.1, -0.05) is 133 Å². The summed E-state index contributed by atoms with van der Waals surface area (Å²) in [6.45, 7) is 0. The van der Waals surface area contributed by atoms with Gasteiger partial charge in [0, 0.05) is 33.0 Å². The Kier molecular flexibility index (Phi) is 7.30. The topological polar surface area (TPSA) is 76.5 Å². The number of anilines is 1. The molecule has 0 saturated carbocycles. The number of amides is 2. The summed E-state index contributed by atoms with van der Waals surface area (Å²) in [5.74, 6) is -1.36. The highest BCUT2D eigenvalue weighted by Gasteiger charge is 2.40. The zero-order valence-electron chi connectivity index (χ0n) is 27.7. The number of fused-ring (bicyclic) bond motifs is 4. The third-order valence-electron chi connectivity index (χ3n) is 9.72. The van der Waals surface area contributed by atoms with Gasteiger partial charge in [-0.05, 0) is 47.5 Å². The van der Waals surface area contributed by atoms with Gasteiger partial charge in [-0.25, -0.2) is 4.90 Å². The molecule has 6 nitrogen and oxygen atoms in total. The molecule has 2 heterocycles. The molecule has 0 fully saturated rings. The maximum Gasteiger partial charge on any atom is 0.268 e. The van der Waals surface area contributed by atoms with E-state index in [4.69, 9.17) is 0 Å². The van der Waals surface area contributed by atoms with E-state index in [1.165, 1.54) is 4.90 Å². The van der Waals surface area contributed by atoms with E-state index in [9.17, 15) is 19.2 Å². The number of carbonyl (C=O) groups excluding carboxylic acids is 4. The van der Waals surface area contributed by atoms with Crippen molar-refractivity contribution < 1.29 is 19.2 Å². The van der Waals surface area contributed by atoms with Crippen LogP contribution in [0, 0.1) is 0 Å². The van der Waals surface area contributed by atoms with Gasteiger partial charge in [0.2, 0.25) is 0 Å². The smallest absolute Gasteiger partial charge is 0.268 e. The van der Waals surface area contributed by atoms with Crippen LogP contribution in [-0.2, 0) is 0 Å². The molecule has 9 rings (SSSR count). The molecule has 2 amide bonds. The Balaban J connectivity index is 1.31. The molecule has 1 aliphatic heterocycles. The SMILES string of the molecule is O=C(c1ccccc1)c1cccc2c3cccc(C(=O)c4ccccc4)c3n(-c3cccc4c3C(=O)N(c3cccc(-c5ccccc5)c3)C4=O)c12. The van der Waals surface area contributed by atoms with Crippen LogP contribution in [0.5, 0.6) is 0 Å². The Morgan fingerprint density at radius 1 is 0.442 bits per heavy atom. The van der Waals surface area contributed by atoms with E-state index in [0.717, 1.165) is 21.9 Å². The van der Waals surface area contributed by atoms with Gasteiger partial charge >= 0.3 is 0 Å². The molecule has 52 heavy (non-hydrogen) atoms. The van der Waals surface area contributed by atoms with E-state index in [0.29, 0.717) is 44.7 Å². The van der Waals surface area contributed by atoms with Crippen molar-refractivity contribution in [1.29, 1.82) is 0 Å². The van der Waals surface area contributed by atoms with E-state index in [2.05, 4.69) is 0 Å². The van der Waals surface area contributed by atoms with Gasteiger partial charge in [0.1, 0.15) is 0 Å². The van der Waals surface area contributed by atoms with Crippen molar-refractivity contribution in [1.82, 2.24) is 4.57 Å². The summed E-state index contributed by atoms with van der Waals surface area (Å²) in [6, 6.07) is 51.4. The lowest BCUT2D eigenvalue weighted by atomic mass is 9.99. The monoisotopic (exact) mass is 672 g/mol. The molecule has 6 heteroatoms. The van der Waals surface area contributed by atoms with Gasteiger partial charge < -0.3 is 4.57 Å². The number of carbonyl (C=O) groups is 4. The molecule has 246 valence electrons. The minimum absolute atomic E-state index is 0.195. The summed E-state index contributed by atoms with van der Waals surface area (Å²) in [5.41, 5.74) is 5.99. The lowest BCUT2D eigenvalue weighted by Gasteiger charge is -2.17. The van der Waals surface area contributed by atoms with Crippen molar-refractivity contribution in [2.45, 2.75) is 0 Å². The third-order valence-corrected chi connectivity index (χ3v) is 9.72. The molecular formula is C46H28N2O4. The number of hydrogen-bond donors (Lipinski definition) is 0. The fourth-order valence-electron chi connectivity index (χ4n) is 7.36. The molecule has 1 aliphatic rings. The first kappa shape index (κ1) is 30.8. The predicted octanol–water partition coefficient (Wildman–Crippen LogP) is 9.71. The van der Waals surface area contributed by atoms with Gasteiger partial charge in [0.15, 0.2) is 11.6 Å². The fourth-order valence-corrected chi connectivity index (χ4v) is 7.36. The van der Waals surface area contributed by atoms with Crippen molar-refractivity contribution in [2.24, 2.45) is 0 Å². The number of rotatable bonds is 7. The minimum Gasteiger partial charge on any atom is -0.307 e.